The molecule has 0 unspecified atom stereocenters. The largest absolute Gasteiger partial charge is 0.491 e. The van der Waals surface area contributed by atoms with Gasteiger partial charge in [0.15, 0.2) is 5.96 Å². The molecule has 0 atom stereocenters. The zero-order valence-electron chi connectivity index (χ0n) is 18.7. The van der Waals surface area contributed by atoms with E-state index in [0.29, 0.717) is 31.7 Å². The number of guanidine groups is 1. The number of carbonyl (C=O) groups excluding carboxylic acids is 1. The number of carbonyl (C=O) groups is 1. The maximum absolute atomic E-state index is 11.5. The van der Waals surface area contributed by atoms with Gasteiger partial charge < -0.3 is 20.7 Å². The SMILES string of the molecule is CCNC(=NCCOc1ccccc1C(C)C)NC1CCN(CC(=O)NC)CC1.I. The second kappa shape index (κ2) is 14.5. The molecule has 0 aliphatic carbocycles. The van der Waals surface area contributed by atoms with E-state index in [0.717, 1.165) is 44.2 Å². The van der Waals surface area contributed by atoms with Crippen LogP contribution < -0.4 is 20.7 Å². The van der Waals surface area contributed by atoms with E-state index < -0.39 is 0 Å². The molecule has 1 aliphatic rings. The molecule has 0 saturated carbocycles. The number of likely N-dealkylation sites (N-methyl/N-ethyl adjacent to an activating group) is 1. The minimum Gasteiger partial charge on any atom is -0.491 e. The molecule has 1 aliphatic heterocycles. The summed E-state index contributed by atoms with van der Waals surface area (Å²) in [6.45, 7) is 10.7. The van der Waals surface area contributed by atoms with E-state index >= 15 is 0 Å². The van der Waals surface area contributed by atoms with Gasteiger partial charge in [0.25, 0.3) is 0 Å². The first-order valence-electron chi connectivity index (χ1n) is 10.7. The molecule has 3 N–H and O–H groups in total. The van der Waals surface area contributed by atoms with Crippen molar-refractivity contribution in [1.29, 1.82) is 0 Å². The molecule has 1 amide bonds. The molecule has 1 fully saturated rings. The summed E-state index contributed by atoms with van der Waals surface area (Å²) in [5, 5.41) is 9.53. The number of ether oxygens (including phenoxy) is 1. The van der Waals surface area contributed by atoms with Crippen molar-refractivity contribution in [2.24, 2.45) is 4.99 Å². The van der Waals surface area contributed by atoms with Crippen LogP contribution in [0.2, 0.25) is 0 Å². The summed E-state index contributed by atoms with van der Waals surface area (Å²) >= 11 is 0. The Bertz CT molecular complexity index is 661. The Hall–Kier alpha value is -1.55. The van der Waals surface area contributed by atoms with Crippen LogP contribution in [-0.2, 0) is 4.79 Å². The quantitative estimate of drug-likeness (QED) is 0.198. The molecule has 1 saturated heterocycles. The number of hydrogen-bond acceptors (Lipinski definition) is 4. The Morgan fingerprint density at radius 1 is 1.27 bits per heavy atom. The minimum atomic E-state index is 0. The summed E-state index contributed by atoms with van der Waals surface area (Å²) in [5.41, 5.74) is 1.23. The number of rotatable bonds is 9. The lowest BCUT2D eigenvalue weighted by Gasteiger charge is -2.32. The topological polar surface area (TPSA) is 78.0 Å². The number of benzene rings is 1. The first-order valence-corrected chi connectivity index (χ1v) is 10.7. The second-order valence-electron chi connectivity index (χ2n) is 7.67. The lowest BCUT2D eigenvalue weighted by molar-refractivity contribution is -0.122. The number of aliphatic imine (C=N–C) groups is 1. The lowest BCUT2D eigenvalue weighted by Crippen LogP contribution is -2.50. The average molecular weight is 531 g/mol. The van der Waals surface area contributed by atoms with Crippen molar-refractivity contribution in [2.75, 3.05) is 46.4 Å². The number of halogens is 1. The molecule has 30 heavy (non-hydrogen) atoms. The number of amides is 1. The molecule has 0 aromatic heterocycles. The molecular formula is C22H38IN5O2. The van der Waals surface area contributed by atoms with Gasteiger partial charge in [0, 0.05) is 32.7 Å². The predicted molar refractivity (Wildman–Crippen MR) is 134 cm³/mol. The summed E-state index contributed by atoms with van der Waals surface area (Å²) in [7, 11) is 1.68. The number of likely N-dealkylation sites (tertiary alicyclic amines) is 1. The van der Waals surface area contributed by atoms with Gasteiger partial charge >= 0.3 is 0 Å². The Balaban J connectivity index is 0.00000450. The average Bonchev–Trinajstić information content (AvgIpc) is 2.72. The van der Waals surface area contributed by atoms with Crippen molar-refractivity contribution in [3.8, 4) is 5.75 Å². The van der Waals surface area contributed by atoms with Gasteiger partial charge in [0.2, 0.25) is 5.91 Å². The van der Waals surface area contributed by atoms with Crippen LogP contribution >= 0.6 is 24.0 Å². The van der Waals surface area contributed by atoms with Crippen LogP contribution in [0.1, 0.15) is 45.1 Å². The van der Waals surface area contributed by atoms with Gasteiger partial charge in [-0.3, -0.25) is 9.69 Å². The molecule has 0 bridgehead atoms. The van der Waals surface area contributed by atoms with Crippen molar-refractivity contribution in [2.45, 2.75) is 45.6 Å². The zero-order valence-corrected chi connectivity index (χ0v) is 21.1. The molecule has 0 spiro atoms. The van der Waals surface area contributed by atoms with Gasteiger partial charge in [-0.15, -0.1) is 24.0 Å². The minimum absolute atomic E-state index is 0. The van der Waals surface area contributed by atoms with Crippen LogP contribution in [0.15, 0.2) is 29.3 Å². The van der Waals surface area contributed by atoms with Crippen LogP contribution in [0.3, 0.4) is 0 Å². The number of nitrogens with one attached hydrogen (secondary N) is 3. The van der Waals surface area contributed by atoms with E-state index in [1.807, 2.05) is 18.2 Å². The zero-order chi connectivity index (χ0) is 21.1. The molecule has 0 radical (unpaired) electrons. The van der Waals surface area contributed by atoms with Crippen molar-refractivity contribution in [1.82, 2.24) is 20.9 Å². The highest BCUT2D eigenvalue weighted by atomic mass is 127. The predicted octanol–water partition coefficient (Wildman–Crippen LogP) is 2.57. The summed E-state index contributed by atoms with van der Waals surface area (Å²) < 4.78 is 5.97. The Kier molecular flexibility index (Phi) is 12.8. The smallest absolute Gasteiger partial charge is 0.233 e. The van der Waals surface area contributed by atoms with E-state index in [2.05, 4.69) is 52.7 Å². The summed E-state index contributed by atoms with van der Waals surface area (Å²) in [5.74, 6) is 2.28. The van der Waals surface area contributed by atoms with Crippen molar-refractivity contribution < 1.29 is 9.53 Å². The highest BCUT2D eigenvalue weighted by molar-refractivity contribution is 14.0. The Morgan fingerprint density at radius 2 is 1.97 bits per heavy atom. The van der Waals surface area contributed by atoms with Gasteiger partial charge in [0.1, 0.15) is 12.4 Å². The highest BCUT2D eigenvalue weighted by Crippen LogP contribution is 2.25. The van der Waals surface area contributed by atoms with E-state index in [9.17, 15) is 4.79 Å². The number of para-hydroxylation sites is 1. The van der Waals surface area contributed by atoms with Gasteiger partial charge in [0.05, 0.1) is 13.1 Å². The summed E-state index contributed by atoms with van der Waals surface area (Å²) in [6, 6.07) is 8.57. The van der Waals surface area contributed by atoms with E-state index in [1.54, 1.807) is 7.05 Å². The standard InChI is InChI=1S/C22H37N5O2.HI/c1-5-24-22(26-18-10-13-27(14-11-18)16-21(28)23-4)25-12-15-29-20-9-7-6-8-19(20)17(2)3;/h6-9,17-18H,5,10-16H2,1-4H3,(H,23,28)(H2,24,25,26);1H. The van der Waals surface area contributed by atoms with Gasteiger partial charge in [-0.05, 0) is 37.3 Å². The molecule has 1 aromatic rings. The van der Waals surface area contributed by atoms with Gasteiger partial charge in [-0.1, -0.05) is 32.0 Å². The third kappa shape index (κ3) is 9.07. The van der Waals surface area contributed by atoms with Gasteiger partial charge in [-0.25, -0.2) is 4.99 Å². The van der Waals surface area contributed by atoms with Crippen LogP contribution in [0.25, 0.3) is 0 Å². The number of hydrogen-bond donors (Lipinski definition) is 3. The summed E-state index contributed by atoms with van der Waals surface area (Å²) in [4.78, 5) is 18.4. The van der Waals surface area contributed by atoms with Crippen LogP contribution in [0, 0.1) is 0 Å². The number of piperidine rings is 1. The third-order valence-electron chi connectivity index (χ3n) is 5.08. The van der Waals surface area contributed by atoms with E-state index in [4.69, 9.17) is 4.74 Å². The molecule has 1 heterocycles. The van der Waals surface area contributed by atoms with Gasteiger partial charge in [-0.2, -0.15) is 0 Å². The maximum Gasteiger partial charge on any atom is 0.233 e. The highest BCUT2D eigenvalue weighted by Gasteiger charge is 2.21. The fraction of sp³-hybridized carbons (Fsp3) is 0.636. The van der Waals surface area contributed by atoms with E-state index in [-0.39, 0.29) is 29.9 Å². The molecule has 2 rings (SSSR count). The van der Waals surface area contributed by atoms with E-state index in [1.165, 1.54) is 5.56 Å². The van der Waals surface area contributed by atoms with Crippen LogP contribution in [0.5, 0.6) is 5.75 Å². The van der Waals surface area contributed by atoms with Crippen molar-refractivity contribution >= 4 is 35.8 Å². The lowest BCUT2D eigenvalue weighted by atomic mass is 10.0. The fourth-order valence-electron chi connectivity index (χ4n) is 3.43. The Labute approximate surface area is 198 Å². The Morgan fingerprint density at radius 3 is 2.60 bits per heavy atom. The fourth-order valence-corrected chi connectivity index (χ4v) is 3.43. The normalized spacial score (nSPS) is 15.4. The summed E-state index contributed by atoms with van der Waals surface area (Å²) in [6.07, 6.45) is 2.00. The van der Waals surface area contributed by atoms with Crippen molar-refractivity contribution in [3.05, 3.63) is 29.8 Å². The second-order valence-corrected chi connectivity index (χ2v) is 7.67. The molecule has 8 heteroatoms. The molecule has 7 nitrogen and oxygen atoms in total. The maximum atomic E-state index is 11.5. The first kappa shape index (κ1) is 26.5. The van der Waals surface area contributed by atoms with Crippen LogP contribution in [-0.4, -0.2) is 69.2 Å². The number of nitrogens with zero attached hydrogens (tertiary/aromatic N) is 2. The van der Waals surface area contributed by atoms with Crippen molar-refractivity contribution in [3.63, 3.8) is 0 Å². The monoisotopic (exact) mass is 531 g/mol. The first-order chi connectivity index (χ1) is 14.0. The molecule has 170 valence electrons. The molecule has 1 aromatic carbocycles. The third-order valence-corrected chi connectivity index (χ3v) is 5.08. The van der Waals surface area contributed by atoms with Crippen LogP contribution in [0.4, 0.5) is 0 Å². The molecular weight excluding hydrogens is 493 g/mol.